The van der Waals surface area contributed by atoms with Gasteiger partial charge in [0.1, 0.15) is 6.10 Å². The molecule has 0 aliphatic carbocycles. The molecule has 0 aliphatic rings. The van der Waals surface area contributed by atoms with Gasteiger partial charge < -0.3 is 20.3 Å². The Balaban J connectivity index is 4.51. The van der Waals surface area contributed by atoms with Crippen molar-refractivity contribution in [2.75, 3.05) is 6.61 Å². The first-order valence-corrected chi connectivity index (χ1v) is 25.3. The van der Waals surface area contributed by atoms with E-state index in [2.05, 4.69) is 26.1 Å². The first kappa shape index (κ1) is 54.9. The number of ether oxygens (including phenoxy) is 1. The van der Waals surface area contributed by atoms with Gasteiger partial charge in [0.15, 0.2) is 0 Å². The van der Waals surface area contributed by atoms with E-state index in [1.54, 1.807) is 0 Å². The Kier molecular flexibility index (Phi) is 44.0. The molecular formula is C50H99NO5. The Labute approximate surface area is 349 Å². The van der Waals surface area contributed by atoms with Crippen LogP contribution in [0.25, 0.3) is 0 Å². The van der Waals surface area contributed by atoms with Crippen molar-refractivity contribution < 1.29 is 24.5 Å². The fourth-order valence-corrected chi connectivity index (χ4v) is 8.08. The smallest absolute Gasteiger partial charge is 0.306 e. The number of aliphatic hydroxyl groups excluding tert-OH is 2. The SMILES string of the molecule is CCCCCCCCCCCCCCCCCCC(CC(=O)NC(CO)C(O)CCCCCCCCCCCCC)OC(=O)CCCCCCCCCCCC. The van der Waals surface area contributed by atoms with Gasteiger partial charge in [0.05, 0.1) is 25.2 Å². The summed E-state index contributed by atoms with van der Waals surface area (Å²) in [6.45, 7) is 6.49. The van der Waals surface area contributed by atoms with Crippen molar-refractivity contribution >= 4 is 11.9 Å². The zero-order valence-electron chi connectivity index (χ0n) is 38.0. The average molecular weight is 794 g/mol. The molecule has 0 heterocycles. The van der Waals surface area contributed by atoms with E-state index in [1.165, 1.54) is 193 Å². The maximum atomic E-state index is 13.2. The standard InChI is InChI=1S/C50H99NO5/c1-4-7-10-13-16-19-22-23-24-25-26-28-29-32-35-38-41-46(56-50(55)43-40-37-34-31-21-18-15-12-9-6-3)44-49(54)51-47(45-52)48(53)42-39-36-33-30-27-20-17-14-11-8-5-2/h46-48,52-53H,4-45H2,1-3H3,(H,51,54). The van der Waals surface area contributed by atoms with E-state index in [-0.39, 0.29) is 24.9 Å². The highest BCUT2D eigenvalue weighted by Gasteiger charge is 2.24. The zero-order valence-corrected chi connectivity index (χ0v) is 38.0. The van der Waals surface area contributed by atoms with Crippen molar-refractivity contribution in [2.45, 2.75) is 302 Å². The monoisotopic (exact) mass is 794 g/mol. The van der Waals surface area contributed by atoms with Crippen LogP contribution in [0.5, 0.6) is 0 Å². The van der Waals surface area contributed by atoms with Crippen LogP contribution in [0.3, 0.4) is 0 Å². The van der Waals surface area contributed by atoms with Gasteiger partial charge in [-0.25, -0.2) is 0 Å². The average Bonchev–Trinajstić information content (AvgIpc) is 3.19. The van der Waals surface area contributed by atoms with Crippen LogP contribution in [0.15, 0.2) is 0 Å². The normalized spacial score (nSPS) is 13.2. The van der Waals surface area contributed by atoms with E-state index >= 15 is 0 Å². The van der Waals surface area contributed by atoms with E-state index in [0.717, 1.165) is 44.9 Å². The number of carbonyl (C=O) groups is 2. The lowest BCUT2D eigenvalue weighted by atomic mass is 10.0. The topological polar surface area (TPSA) is 95.9 Å². The van der Waals surface area contributed by atoms with E-state index in [0.29, 0.717) is 19.3 Å². The number of amides is 1. The molecule has 334 valence electrons. The second-order valence-electron chi connectivity index (χ2n) is 17.6. The first-order chi connectivity index (χ1) is 27.5. The summed E-state index contributed by atoms with van der Waals surface area (Å²) >= 11 is 0. The van der Waals surface area contributed by atoms with Crippen LogP contribution in [-0.4, -0.2) is 46.9 Å². The number of rotatable bonds is 46. The Morgan fingerprint density at radius 1 is 0.446 bits per heavy atom. The summed E-state index contributed by atoms with van der Waals surface area (Å²) in [7, 11) is 0. The van der Waals surface area contributed by atoms with Gasteiger partial charge in [0.25, 0.3) is 0 Å². The summed E-state index contributed by atoms with van der Waals surface area (Å²) in [4.78, 5) is 26.0. The third kappa shape index (κ3) is 39.7. The van der Waals surface area contributed by atoms with Crippen molar-refractivity contribution in [3.05, 3.63) is 0 Å². The predicted molar refractivity (Wildman–Crippen MR) is 241 cm³/mol. The Morgan fingerprint density at radius 3 is 1.09 bits per heavy atom. The van der Waals surface area contributed by atoms with Crippen LogP contribution in [0.1, 0.15) is 284 Å². The van der Waals surface area contributed by atoms with Crippen LogP contribution in [-0.2, 0) is 14.3 Å². The lowest BCUT2D eigenvalue weighted by Crippen LogP contribution is -2.46. The van der Waals surface area contributed by atoms with Crippen molar-refractivity contribution in [3.63, 3.8) is 0 Å². The summed E-state index contributed by atoms with van der Waals surface area (Å²) in [5.74, 6) is -0.454. The zero-order chi connectivity index (χ0) is 41.0. The number of nitrogens with one attached hydrogen (secondary N) is 1. The van der Waals surface area contributed by atoms with Gasteiger partial charge in [-0.15, -0.1) is 0 Å². The predicted octanol–water partition coefficient (Wildman–Crippen LogP) is 14.8. The minimum atomic E-state index is -0.778. The summed E-state index contributed by atoms with van der Waals surface area (Å²) in [5, 5.41) is 23.7. The van der Waals surface area contributed by atoms with E-state index in [9.17, 15) is 19.8 Å². The highest BCUT2D eigenvalue weighted by molar-refractivity contribution is 5.77. The molecular weight excluding hydrogens is 695 g/mol. The Morgan fingerprint density at radius 2 is 0.750 bits per heavy atom. The summed E-state index contributed by atoms with van der Waals surface area (Å²) in [5.41, 5.74) is 0. The minimum absolute atomic E-state index is 0.0875. The van der Waals surface area contributed by atoms with Gasteiger partial charge in [-0.1, -0.05) is 245 Å². The van der Waals surface area contributed by atoms with Crippen LogP contribution in [0, 0.1) is 0 Å². The largest absolute Gasteiger partial charge is 0.462 e. The first-order valence-electron chi connectivity index (χ1n) is 25.3. The molecule has 0 aliphatic heterocycles. The van der Waals surface area contributed by atoms with E-state index < -0.39 is 18.2 Å². The van der Waals surface area contributed by atoms with Crippen LogP contribution < -0.4 is 5.32 Å². The molecule has 0 bridgehead atoms. The maximum absolute atomic E-state index is 13.2. The second kappa shape index (κ2) is 45.0. The number of hydrogen-bond donors (Lipinski definition) is 3. The molecule has 6 nitrogen and oxygen atoms in total. The van der Waals surface area contributed by atoms with E-state index in [1.807, 2.05) is 0 Å². The van der Waals surface area contributed by atoms with E-state index in [4.69, 9.17) is 4.74 Å². The van der Waals surface area contributed by atoms with Crippen LogP contribution >= 0.6 is 0 Å². The number of hydrogen-bond acceptors (Lipinski definition) is 5. The fraction of sp³-hybridized carbons (Fsp3) is 0.960. The lowest BCUT2D eigenvalue weighted by molar-refractivity contribution is -0.151. The van der Waals surface area contributed by atoms with Gasteiger partial charge in [0, 0.05) is 6.42 Å². The van der Waals surface area contributed by atoms with Crippen molar-refractivity contribution in [3.8, 4) is 0 Å². The minimum Gasteiger partial charge on any atom is -0.462 e. The number of carbonyl (C=O) groups excluding carboxylic acids is 2. The molecule has 0 saturated carbocycles. The molecule has 0 spiro atoms. The van der Waals surface area contributed by atoms with Gasteiger partial charge in [-0.2, -0.15) is 0 Å². The van der Waals surface area contributed by atoms with Crippen molar-refractivity contribution in [1.82, 2.24) is 5.32 Å². The third-order valence-corrected chi connectivity index (χ3v) is 11.9. The number of esters is 1. The molecule has 0 radical (unpaired) electrons. The molecule has 0 fully saturated rings. The van der Waals surface area contributed by atoms with Gasteiger partial charge in [0.2, 0.25) is 5.91 Å². The fourth-order valence-electron chi connectivity index (χ4n) is 8.08. The number of unbranched alkanes of at least 4 members (excludes halogenated alkanes) is 34. The van der Waals surface area contributed by atoms with Gasteiger partial charge in [-0.05, 0) is 25.7 Å². The van der Waals surface area contributed by atoms with Crippen LogP contribution in [0.2, 0.25) is 0 Å². The van der Waals surface area contributed by atoms with Crippen molar-refractivity contribution in [1.29, 1.82) is 0 Å². The lowest BCUT2D eigenvalue weighted by Gasteiger charge is -2.24. The molecule has 3 atom stereocenters. The molecule has 3 unspecified atom stereocenters. The molecule has 0 aromatic rings. The van der Waals surface area contributed by atoms with Crippen molar-refractivity contribution in [2.24, 2.45) is 0 Å². The van der Waals surface area contributed by atoms with Gasteiger partial charge >= 0.3 is 5.97 Å². The number of aliphatic hydroxyl groups is 2. The quantitative estimate of drug-likeness (QED) is 0.0421. The molecule has 0 aromatic carbocycles. The molecule has 0 aromatic heterocycles. The molecule has 56 heavy (non-hydrogen) atoms. The molecule has 0 saturated heterocycles. The Bertz CT molecular complexity index is 806. The summed E-state index contributed by atoms with van der Waals surface area (Å²) in [6, 6.07) is -0.691. The summed E-state index contributed by atoms with van der Waals surface area (Å²) < 4.78 is 5.92. The summed E-state index contributed by atoms with van der Waals surface area (Å²) in [6.07, 6.45) is 47.3. The van der Waals surface area contributed by atoms with Gasteiger partial charge in [-0.3, -0.25) is 9.59 Å². The molecule has 6 heteroatoms. The third-order valence-electron chi connectivity index (χ3n) is 11.9. The molecule has 3 N–H and O–H groups in total. The molecule has 0 rings (SSSR count). The highest BCUT2D eigenvalue weighted by Crippen LogP contribution is 2.19. The molecule has 1 amide bonds. The van der Waals surface area contributed by atoms with Crippen LogP contribution in [0.4, 0.5) is 0 Å². The Hall–Kier alpha value is -1.14. The highest BCUT2D eigenvalue weighted by atomic mass is 16.5. The maximum Gasteiger partial charge on any atom is 0.306 e. The second-order valence-corrected chi connectivity index (χ2v) is 17.6.